The van der Waals surface area contributed by atoms with Gasteiger partial charge in [-0.05, 0) is 69.5 Å². The summed E-state index contributed by atoms with van der Waals surface area (Å²) in [4.78, 5) is 48.7. The van der Waals surface area contributed by atoms with Gasteiger partial charge in [0.1, 0.15) is 5.60 Å². The topological polar surface area (TPSA) is 127 Å². The van der Waals surface area contributed by atoms with Gasteiger partial charge in [-0.1, -0.05) is 36.4 Å². The molecule has 0 atom stereocenters. The van der Waals surface area contributed by atoms with E-state index in [2.05, 4.69) is 20.6 Å². The highest BCUT2D eigenvalue weighted by molar-refractivity contribution is 5.94. The first-order valence-corrected chi connectivity index (χ1v) is 12.5. The van der Waals surface area contributed by atoms with E-state index in [-0.39, 0.29) is 24.5 Å². The van der Waals surface area contributed by atoms with Crippen molar-refractivity contribution < 1.29 is 18.7 Å². The van der Waals surface area contributed by atoms with Crippen LogP contribution in [0.25, 0.3) is 10.9 Å². The molecule has 4 aromatic rings. The number of rotatable bonds is 7. The van der Waals surface area contributed by atoms with Crippen molar-refractivity contribution in [2.45, 2.75) is 46.3 Å². The summed E-state index contributed by atoms with van der Waals surface area (Å²) in [6, 6.07) is 17.7. The number of carbonyl (C=O) groups excluding carboxylic acids is 2. The van der Waals surface area contributed by atoms with Gasteiger partial charge < -0.3 is 14.5 Å². The fourth-order valence-electron chi connectivity index (χ4n) is 3.91. The van der Waals surface area contributed by atoms with Crippen molar-refractivity contribution >= 4 is 34.7 Å². The zero-order valence-corrected chi connectivity index (χ0v) is 22.4. The molecule has 0 saturated heterocycles. The van der Waals surface area contributed by atoms with Gasteiger partial charge in [0.25, 0.3) is 0 Å². The highest BCUT2D eigenvalue weighted by atomic mass is 16.6. The average Bonchev–Trinajstić information content (AvgIpc) is 2.89. The van der Waals surface area contributed by atoms with Gasteiger partial charge in [0, 0.05) is 18.4 Å². The highest BCUT2D eigenvalue weighted by Crippen LogP contribution is 2.25. The molecule has 0 aliphatic heterocycles. The van der Waals surface area contributed by atoms with Crippen molar-refractivity contribution in [1.82, 2.24) is 15.3 Å². The van der Waals surface area contributed by atoms with Crippen LogP contribution in [0.4, 0.5) is 21.3 Å². The lowest BCUT2D eigenvalue weighted by molar-refractivity contribution is 0.0635. The monoisotopic (exact) mass is 529 g/mol. The number of nitrogens with one attached hydrogen (secondary N) is 2. The van der Waals surface area contributed by atoms with E-state index in [0.717, 1.165) is 5.56 Å². The molecule has 2 aromatic heterocycles. The third-order valence-electron chi connectivity index (χ3n) is 5.77. The zero-order chi connectivity index (χ0) is 28.0. The second-order valence-corrected chi connectivity index (χ2v) is 9.91. The number of ether oxygens (including phenoxy) is 1. The van der Waals surface area contributed by atoms with Crippen molar-refractivity contribution in [1.29, 1.82) is 0 Å². The maximum Gasteiger partial charge on any atom is 0.412 e. The second kappa shape index (κ2) is 11.8. The van der Waals surface area contributed by atoms with Crippen LogP contribution in [-0.2, 0) is 17.7 Å². The molecule has 10 heteroatoms. The van der Waals surface area contributed by atoms with Gasteiger partial charge in [-0.25, -0.2) is 19.3 Å². The molecule has 2 N–H and O–H groups in total. The fraction of sp³-hybridized carbons (Fsp3) is 0.276. The Hall–Kier alpha value is -4.73. The molecule has 39 heavy (non-hydrogen) atoms. The number of aromatic nitrogens is 2. The number of urea groups is 1. The Balaban J connectivity index is 1.63. The first kappa shape index (κ1) is 27.3. The summed E-state index contributed by atoms with van der Waals surface area (Å²) in [5.74, 6) is 0. The minimum absolute atomic E-state index is 0.130. The Morgan fingerprint density at radius 2 is 1.77 bits per heavy atom. The Bertz CT molecular complexity index is 1510. The first-order chi connectivity index (χ1) is 18.6. The first-order valence-electron chi connectivity index (χ1n) is 12.5. The van der Waals surface area contributed by atoms with Crippen LogP contribution in [0, 0.1) is 6.92 Å². The summed E-state index contributed by atoms with van der Waals surface area (Å²) >= 11 is 0. The summed E-state index contributed by atoms with van der Waals surface area (Å²) in [5, 5.41) is 5.68. The smallest absolute Gasteiger partial charge is 0.412 e. The number of amides is 3. The van der Waals surface area contributed by atoms with Gasteiger partial charge in [0.15, 0.2) is 0 Å². The minimum Gasteiger partial charge on any atom is -0.444 e. The average molecular weight is 530 g/mol. The second-order valence-electron chi connectivity index (χ2n) is 9.91. The largest absolute Gasteiger partial charge is 0.444 e. The maximum absolute atomic E-state index is 13.3. The SMILES string of the molecule is Cc1c(NC(=O)OC(C)(C)C)ccc2nc(N(CCc3ccccc3)C(=O)NCc3ccccn3)oc(=O)c12. The van der Waals surface area contributed by atoms with Crippen LogP contribution < -0.4 is 21.2 Å². The molecule has 202 valence electrons. The van der Waals surface area contributed by atoms with E-state index in [1.807, 2.05) is 36.4 Å². The molecule has 3 amide bonds. The van der Waals surface area contributed by atoms with Crippen molar-refractivity contribution in [3.8, 4) is 0 Å². The Kier molecular flexibility index (Phi) is 8.24. The maximum atomic E-state index is 13.3. The fourth-order valence-corrected chi connectivity index (χ4v) is 3.91. The van der Waals surface area contributed by atoms with Crippen LogP contribution in [-0.4, -0.2) is 34.2 Å². The van der Waals surface area contributed by atoms with E-state index in [4.69, 9.17) is 9.15 Å². The van der Waals surface area contributed by atoms with E-state index < -0.39 is 23.4 Å². The van der Waals surface area contributed by atoms with E-state index in [0.29, 0.717) is 28.9 Å². The quantitative estimate of drug-likeness (QED) is 0.337. The van der Waals surface area contributed by atoms with Crippen LogP contribution in [0.2, 0.25) is 0 Å². The molecule has 0 saturated carbocycles. The van der Waals surface area contributed by atoms with E-state index in [9.17, 15) is 14.4 Å². The molecule has 0 aliphatic rings. The molecule has 0 aliphatic carbocycles. The number of anilines is 2. The zero-order valence-electron chi connectivity index (χ0n) is 22.4. The van der Waals surface area contributed by atoms with Crippen LogP contribution in [0.1, 0.15) is 37.6 Å². The number of nitrogens with zero attached hydrogens (tertiary/aromatic N) is 3. The number of carbonyl (C=O) groups is 2. The Morgan fingerprint density at radius 3 is 2.46 bits per heavy atom. The normalized spacial score (nSPS) is 11.2. The molecule has 2 aromatic carbocycles. The third kappa shape index (κ3) is 7.19. The predicted octanol–water partition coefficient (Wildman–Crippen LogP) is 5.20. The van der Waals surface area contributed by atoms with Gasteiger partial charge >= 0.3 is 23.8 Å². The summed E-state index contributed by atoms with van der Waals surface area (Å²) in [6.07, 6.45) is 1.52. The number of hydrogen-bond donors (Lipinski definition) is 2. The van der Waals surface area contributed by atoms with Crippen molar-refractivity contribution in [3.05, 3.63) is 94.1 Å². The van der Waals surface area contributed by atoms with Crippen molar-refractivity contribution in [2.75, 3.05) is 16.8 Å². The van der Waals surface area contributed by atoms with Crippen molar-refractivity contribution in [2.24, 2.45) is 0 Å². The van der Waals surface area contributed by atoms with Gasteiger partial charge in [-0.15, -0.1) is 0 Å². The molecule has 2 heterocycles. The van der Waals surface area contributed by atoms with Gasteiger partial charge in [0.05, 0.1) is 23.1 Å². The molecule has 0 spiro atoms. The van der Waals surface area contributed by atoms with E-state index in [1.54, 1.807) is 58.2 Å². The molecule has 0 radical (unpaired) electrons. The van der Waals surface area contributed by atoms with Crippen LogP contribution in [0.15, 0.2) is 76.1 Å². The van der Waals surface area contributed by atoms with E-state index >= 15 is 0 Å². The lowest BCUT2D eigenvalue weighted by Gasteiger charge is -2.21. The summed E-state index contributed by atoms with van der Waals surface area (Å²) in [5.41, 5.74) is 1.54. The third-order valence-corrected chi connectivity index (χ3v) is 5.77. The van der Waals surface area contributed by atoms with Gasteiger partial charge in [-0.2, -0.15) is 4.98 Å². The predicted molar refractivity (Wildman–Crippen MR) is 149 cm³/mol. The summed E-state index contributed by atoms with van der Waals surface area (Å²) in [7, 11) is 0. The van der Waals surface area contributed by atoms with Crippen molar-refractivity contribution in [3.63, 3.8) is 0 Å². The minimum atomic E-state index is -0.678. The molecule has 10 nitrogen and oxygen atoms in total. The molecular formula is C29H31N5O5. The number of hydrogen-bond acceptors (Lipinski definition) is 7. The number of fused-ring (bicyclic) bond motifs is 1. The highest BCUT2D eigenvalue weighted by Gasteiger charge is 2.23. The Labute approximate surface area is 226 Å². The summed E-state index contributed by atoms with van der Waals surface area (Å²) < 4.78 is 10.9. The van der Waals surface area contributed by atoms with Gasteiger partial charge in [0.2, 0.25) is 0 Å². The lowest BCUT2D eigenvalue weighted by atomic mass is 10.1. The molecule has 0 bridgehead atoms. The van der Waals surface area contributed by atoms with E-state index in [1.165, 1.54) is 4.90 Å². The van der Waals surface area contributed by atoms with Crippen LogP contribution in [0.5, 0.6) is 0 Å². The van der Waals surface area contributed by atoms with Crippen LogP contribution in [0.3, 0.4) is 0 Å². The number of pyridine rings is 1. The Morgan fingerprint density at radius 1 is 1.03 bits per heavy atom. The number of aryl methyl sites for hydroxylation is 1. The molecule has 0 fully saturated rings. The standard InChI is InChI=1S/C29H31N5O5/c1-19-22(33-28(37)39-29(2,3)4)13-14-23-24(19)25(35)38-27(32-23)34(17-15-20-10-6-5-7-11-20)26(36)31-18-21-12-8-9-16-30-21/h5-14,16H,15,17-18H2,1-4H3,(H,31,36)(H,33,37). The van der Waals surface area contributed by atoms with Crippen LogP contribution >= 0.6 is 0 Å². The van der Waals surface area contributed by atoms with Gasteiger partial charge in [-0.3, -0.25) is 10.3 Å². The number of benzene rings is 2. The lowest BCUT2D eigenvalue weighted by Crippen LogP contribution is -2.42. The summed E-state index contributed by atoms with van der Waals surface area (Å²) in [6.45, 7) is 7.37. The molecule has 4 rings (SSSR count). The molecule has 0 unspecified atom stereocenters. The molecular weight excluding hydrogens is 498 g/mol.